The van der Waals surface area contributed by atoms with Crippen LogP contribution in [0, 0.1) is 11.8 Å². The first-order valence-corrected chi connectivity index (χ1v) is 10.2. The number of aryl methyl sites for hydroxylation is 1. The van der Waals surface area contributed by atoms with Crippen molar-refractivity contribution in [2.45, 2.75) is 40.2 Å². The van der Waals surface area contributed by atoms with Crippen molar-refractivity contribution in [1.29, 1.82) is 0 Å². The van der Waals surface area contributed by atoms with E-state index in [1.54, 1.807) is 24.3 Å². The summed E-state index contributed by atoms with van der Waals surface area (Å²) in [5.41, 5.74) is 0.806. The SMILES string of the molecule is CCCn1nc(C(=O)Nc2ccccc2C(=O)N2C[C@H](C)C[C@H](C)C2)ccc1=O. The van der Waals surface area contributed by atoms with Gasteiger partial charge in [0, 0.05) is 25.7 Å². The molecule has 154 valence electrons. The van der Waals surface area contributed by atoms with Crippen LogP contribution in [0.5, 0.6) is 0 Å². The van der Waals surface area contributed by atoms with Gasteiger partial charge >= 0.3 is 0 Å². The molecule has 0 saturated carbocycles. The zero-order valence-electron chi connectivity index (χ0n) is 17.2. The second-order valence-electron chi connectivity index (χ2n) is 7.94. The topological polar surface area (TPSA) is 84.3 Å². The molecule has 0 unspecified atom stereocenters. The number of carbonyl (C=O) groups excluding carboxylic acids is 2. The molecule has 3 rings (SSSR count). The van der Waals surface area contributed by atoms with Gasteiger partial charge in [-0.1, -0.05) is 32.9 Å². The summed E-state index contributed by atoms with van der Waals surface area (Å²) in [5.74, 6) is 0.375. The summed E-state index contributed by atoms with van der Waals surface area (Å²) in [7, 11) is 0. The molecule has 1 fully saturated rings. The molecule has 0 aliphatic carbocycles. The third-order valence-electron chi connectivity index (χ3n) is 5.10. The number of benzene rings is 1. The molecule has 2 atom stereocenters. The van der Waals surface area contributed by atoms with E-state index in [1.807, 2.05) is 11.8 Å². The molecule has 2 heterocycles. The van der Waals surface area contributed by atoms with Crippen molar-refractivity contribution in [1.82, 2.24) is 14.7 Å². The molecule has 29 heavy (non-hydrogen) atoms. The fourth-order valence-corrected chi connectivity index (χ4v) is 3.91. The maximum Gasteiger partial charge on any atom is 0.276 e. The molecule has 0 bridgehead atoms. The summed E-state index contributed by atoms with van der Waals surface area (Å²) in [4.78, 5) is 39.5. The number of anilines is 1. The van der Waals surface area contributed by atoms with Crippen molar-refractivity contribution in [3.8, 4) is 0 Å². The Morgan fingerprint density at radius 1 is 1.10 bits per heavy atom. The van der Waals surface area contributed by atoms with Gasteiger partial charge in [-0.05, 0) is 42.9 Å². The van der Waals surface area contributed by atoms with Gasteiger partial charge in [0.15, 0.2) is 0 Å². The van der Waals surface area contributed by atoms with Gasteiger partial charge in [0.05, 0.1) is 11.3 Å². The van der Waals surface area contributed by atoms with E-state index in [4.69, 9.17) is 0 Å². The van der Waals surface area contributed by atoms with Gasteiger partial charge in [0.1, 0.15) is 5.69 Å². The lowest BCUT2D eigenvalue weighted by Crippen LogP contribution is -2.42. The first-order valence-electron chi connectivity index (χ1n) is 10.2. The summed E-state index contributed by atoms with van der Waals surface area (Å²) in [6.45, 7) is 8.12. The minimum atomic E-state index is -0.449. The third kappa shape index (κ3) is 4.91. The molecule has 1 aliphatic heterocycles. The summed E-state index contributed by atoms with van der Waals surface area (Å²) in [5, 5.41) is 6.93. The fraction of sp³-hybridized carbons (Fsp3) is 0.455. The Morgan fingerprint density at radius 2 is 1.79 bits per heavy atom. The predicted molar refractivity (Wildman–Crippen MR) is 112 cm³/mol. The van der Waals surface area contributed by atoms with E-state index >= 15 is 0 Å². The number of amides is 2. The molecule has 0 spiro atoms. The molecule has 1 aromatic heterocycles. The number of hydrogen-bond acceptors (Lipinski definition) is 4. The zero-order valence-corrected chi connectivity index (χ0v) is 17.2. The van der Waals surface area contributed by atoms with Gasteiger partial charge in [-0.3, -0.25) is 14.4 Å². The zero-order chi connectivity index (χ0) is 21.0. The molecular formula is C22H28N4O3. The van der Waals surface area contributed by atoms with E-state index in [1.165, 1.54) is 16.8 Å². The molecule has 2 amide bonds. The Kier molecular flexibility index (Phi) is 6.46. The lowest BCUT2D eigenvalue weighted by Gasteiger charge is -2.35. The number of hydrogen-bond donors (Lipinski definition) is 1. The van der Waals surface area contributed by atoms with Gasteiger partial charge < -0.3 is 10.2 Å². The van der Waals surface area contributed by atoms with E-state index in [2.05, 4.69) is 24.3 Å². The van der Waals surface area contributed by atoms with Crippen molar-refractivity contribution < 1.29 is 9.59 Å². The van der Waals surface area contributed by atoms with Crippen molar-refractivity contribution >= 4 is 17.5 Å². The van der Waals surface area contributed by atoms with E-state index < -0.39 is 5.91 Å². The quantitative estimate of drug-likeness (QED) is 0.842. The van der Waals surface area contributed by atoms with Crippen LogP contribution in [0.1, 0.15) is 54.5 Å². The average Bonchev–Trinajstić information content (AvgIpc) is 2.69. The molecule has 1 N–H and O–H groups in total. The number of nitrogens with one attached hydrogen (secondary N) is 1. The van der Waals surface area contributed by atoms with E-state index in [0.29, 0.717) is 29.6 Å². The Hall–Kier alpha value is -2.96. The Labute approximate surface area is 170 Å². The van der Waals surface area contributed by atoms with Crippen LogP contribution < -0.4 is 10.9 Å². The number of para-hydroxylation sites is 1. The van der Waals surface area contributed by atoms with Gasteiger partial charge in [0.25, 0.3) is 17.4 Å². The highest BCUT2D eigenvalue weighted by Crippen LogP contribution is 2.25. The smallest absolute Gasteiger partial charge is 0.276 e. The minimum Gasteiger partial charge on any atom is -0.338 e. The van der Waals surface area contributed by atoms with Gasteiger partial charge in [-0.15, -0.1) is 0 Å². The van der Waals surface area contributed by atoms with Crippen LogP contribution in [0.2, 0.25) is 0 Å². The van der Waals surface area contributed by atoms with E-state index in [0.717, 1.165) is 25.9 Å². The molecule has 1 saturated heterocycles. The van der Waals surface area contributed by atoms with Crippen LogP contribution in [0.3, 0.4) is 0 Å². The largest absolute Gasteiger partial charge is 0.338 e. The maximum absolute atomic E-state index is 13.1. The first-order chi connectivity index (χ1) is 13.9. The Bertz CT molecular complexity index is 943. The number of piperidine rings is 1. The Morgan fingerprint density at radius 3 is 2.48 bits per heavy atom. The highest BCUT2D eigenvalue weighted by atomic mass is 16.2. The van der Waals surface area contributed by atoms with Crippen LogP contribution in [0.15, 0.2) is 41.2 Å². The van der Waals surface area contributed by atoms with Crippen molar-refractivity contribution in [2.24, 2.45) is 11.8 Å². The normalized spacial score (nSPS) is 19.1. The number of carbonyl (C=O) groups is 2. The monoisotopic (exact) mass is 396 g/mol. The highest BCUT2D eigenvalue weighted by molar-refractivity contribution is 6.08. The number of likely N-dealkylation sites (tertiary alicyclic amines) is 1. The summed E-state index contributed by atoms with van der Waals surface area (Å²) in [6, 6.07) is 9.75. The van der Waals surface area contributed by atoms with E-state index in [-0.39, 0.29) is 17.2 Å². The van der Waals surface area contributed by atoms with E-state index in [9.17, 15) is 14.4 Å². The lowest BCUT2D eigenvalue weighted by molar-refractivity contribution is 0.0624. The molecule has 1 aromatic carbocycles. The van der Waals surface area contributed by atoms with Gasteiger partial charge in [-0.25, -0.2) is 4.68 Å². The minimum absolute atomic E-state index is 0.0804. The summed E-state index contributed by atoms with van der Waals surface area (Å²) in [6.07, 6.45) is 1.85. The standard InChI is InChI=1S/C22H28N4O3/c1-4-11-26-20(27)10-9-19(24-26)21(28)23-18-8-6-5-7-17(18)22(29)25-13-15(2)12-16(3)14-25/h5-10,15-16H,4,11-14H2,1-3H3,(H,23,28)/t15-,16+. The van der Waals surface area contributed by atoms with Crippen molar-refractivity contribution in [3.63, 3.8) is 0 Å². The van der Waals surface area contributed by atoms with Crippen molar-refractivity contribution in [2.75, 3.05) is 18.4 Å². The number of rotatable bonds is 5. The summed E-state index contributed by atoms with van der Waals surface area (Å²) < 4.78 is 1.28. The molecular weight excluding hydrogens is 368 g/mol. The van der Waals surface area contributed by atoms with Gasteiger partial charge in [-0.2, -0.15) is 5.10 Å². The second-order valence-corrected chi connectivity index (χ2v) is 7.94. The lowest BCUT2D eigenvalue weighted by atomic mass is 9.91. The van der Waals surface area contributed by atoms with Crippen LogP contribution in [0.4, 0.5) is 5.69 Å². The molecule has 7 nitrogen and oxygen atoms in total. The fourth-order valence-electron chi connectivity index (χ4n) is 3.91. The molecule has 0 radical (unpaired) electrons. The maximum atomic E-state index is 13.1. The molecule has 2 aromatic rings. The van der Waals surface area contributed by atoms with Gasteiger partial charge in [0.2, 0.25) is 0 Å². The number of aromatic nitrogens is 2. The Balaban J connectivity index is 1.82. The first kappa shape index (κ1) is 20.8. The van der Waals surface area contributed by atoms with Crippen LogP contribution in [0.25, 0.3) is 0 Å². The highest BCUT2D eigenvalue weighted by Gasteiger charge is 2.27. The van der Waals surface area contributed by atoms with Crippen LogP contribution >= 0.6 is 0 Å². The molecule has 1 aliphatic rings. The third-order valence-corrected chi connectivity index (χ3v) is 5.10. The second kappa shape index (κ2) is 9.03. The van der Waals surface area contributed by atoms with Crippen LogP contribution in [-0.2, 0) is 6.54 Å². The summed E-state index contributed by atoms with van der Waals surface area (Å²) >= 11 is 0. The van der Waals surface area contributed by atoms with Crippen molar-refractivity contribution in [3.05, 3.63) is 58.0 Å². The van der Waals surface area contributed by atoms with Crippen LogP contribution in [-0.4, -0.2) is 39.6 Å². The number of nitrogens with zero attached hydrogens (tertiary/aromatic N) is 3. The molecule has 7 heteroatoms. The average molecular weight is 396 g/mol. The predicted octanol–water partition coefficient (Wildman–Crippen LogP) is 3.02.